The zero-order valence-corrected chi connectivity index (χ0v) is 10.7. The smallest absolute Gasteiger partial charge is 0.338 e. The molecule has 2 aromatic carbocycles. The fourth-order valence-electron chi connectivity index (χ4n) is 1.59. The topological polar surface area (TPSA) is 38.7 Å². The van der Waals surface area contributed by atoms with Gasteiger partial charge in [0.25, 0.3) is 0 Å². The Balaban J connectivity index is 2.07. The number of nitrogens with zero attached hydrogens (tertiary/aromatic N) is 1. The summed E-state index contributed by atoms with van der Waals surface area (Å²) in [5.41, 5.74) is 2.38. The third-order valence-corrected chi connectivity index (χ3v) is 2.54. The number of hydrogen-bond acceptors (Lipinski definition) is 3. The van der Waals surface area contributed by atoms with Crippen LogP contribution in [0.15, 0.2) is 59.6 Å². The lowest BCUT2D eigenvalue weighted by Gasteiger charge is -2.01. The first-order chi connectivity index (χ1) is 9.29. The molecule has 0 saturated carbocycles. The molecule has 0 aliphatic rings. The molecule has 3 nitrogen and oxygen atoms in total. The van der Waals surface area contributed by atoms with Crippen molar-refractivity contribution in [1.29, 1.82) is 0 Å². The average molecular weight is 253 g/mol. The Bertz CT molecular complexity index is 559. The average Bonchev–Trinajstić information content (AvgIpc) is 2.47. The minimum absolute atomic E-state index is 0.305. The van der Waals surface area contributed by atoms with Gasteiger partial charge in [-0.25, -0.2) is 4.79 Å². The van der Waals surface area contributed by atoms with E-state index in [2.05, 4.69) is 4.99 Å². The van der Waals surface area contributed by atoms with Gasteiger partial charge in [-0.2, -0.15) is 0 Å². The fraction of sp³-hybridized carbons (Fsp3) is 0.125. The van der Waals surface area contributed by atoms with E-state index in [4.69, 9.17) is 4.74 Å². The van der Waals surface area contributed by atoms with E-state index < -0.39 is 0 Å². The third-order valence-electron chi connectivity index (χ3n) is 2.54. The van der Waals surface area contributed by atoms with Crippen LogP contribution in [0.3, 0.4) is 0 Å². The molecule has 0 atom stereocenters. The Labute approximate surface area is 112 Å². The van der Waals surface area contributed by atoms with Gasteiger partial charge >= 0.3 is 5.97 Å². The highest BCUT2D eigenvalue weighted by Crippen LogP contribution is 2.13. The summed E-state index contributed by atoms with van der Waals surface area (Å²) in [6.07, 6.45) is 1.79. The quantitative estimate of drug-likeness (QED) is 0.616. The highest BCUT2D eigenvalue weighted by atomic mass is 16.5. The minimum Gasteiger partial charge on any atom is -0.462 e. The number of benzene rings is 2. The van der Waals surface area contributed by atoms with E-state index in [1.165, 1.54) is 0 Å². The molecule has 2 rings (SSSR count). The van der Waals surface area contributed by atoms with Crippen LogP contribution in [-0.2, 0) is 4.74 Å². The highest BCUT2D eigenvalue weighted by molar-refractivity contribution is 5.90. The third kappa shape index (κ3) is 3.78. The predicted molar refractivity (Wildman–Crippen MR) is 76.1 cm³/mol. The second-order valence-corrected chi connectivity index (χ2v) is 3.94. The molecule has 96 valence electrons. The van der Waals surface area contributed by atoms with Crippen LogP contribution in [0.25, 0.3) is 0 Å². The van der Waals surface area contributed by atoms with E-state index in [0.29, 0.717) is 12.2 Å². The summed E-state index contributed by atoms with van der Waals surface area (Å²) in [5.74, 6) is -0.305. The lowest BCUT2D eigenvalue weighted by molar-refractivity contribution is 0.0526. The molecule has 0 unspecified atom stereocenters. The number of aliphatic imine (C=N–C) groups is 1. The number of esters is 1. The van der Waals surface area contributed by atoms with Crippen LogP contribution >= 0.6 is 0 Å². The highest BCUT2D eigenvalue weighted by Gasteiger charge is 2.04. The van der Waals surface area contributed by atoms with Gasteiger partial charge in [0.1, 0.15) is 0 Å². The first kappa shape index (κ1) is 13.0. The summed E-state index contributed by atoms with van der Waals surface area (Å²) >= 11 is 0. The Morgan fingerprint density at radius 3 is 2.42 bits per heavy atom. The summed E-state index contributed by atoms with van der Waals surface area (Å²) in [6, 6.07) is 16.9. The van der Waals surface area contributed by atoms with Gasteiger partial charge in [0.15, 0.2) is 0 Å². The maximum atomic E-state index is 11.5. The Hall–Kier alpha value is -2.42. The molecule has 3 heteroatoms. The van der Waals surface area contributed by atoms with Crippen LogP contribution in [-0.4, -0.2) is 18.8 Å². The molecule has 0 aliphatic carbocycles. The van der Waals surface area contributed by atoms with Crippen LogP contribution in [0, 0.1) is 0 Å². The standard InChI is InChI=1S/C16H15NO2/c1-2-19-16(18)14-8-10-15(11-9-14)17-12-13-6-4-3-5-7-13/h3-12H,2H2,1H3/b17-12+. The monoisotopic (exact) mass is 253 g/mol. The first-order valence-corrected chi connectivity index (χ1v) is 6.16. The van der Waals surface area contributed by atoms with Crippen molar-refractivity contribution in [3.63, 3.8) is 0 Å². The molecule has 0 heterocycles. The van der Waals surface area contributed by atoms with Gasteiger partial charge in [-0.15, -0.1) is 0 Å². The predicted octanol–water partition coefficient (Wildman–Crippen LogP) is 3.61. The molecule has 0 bridgehead atoms. The molecular weight excluding hydrogens is 238 g/mol. The number of ether oxygens (including phenoxy) is 1. The summed E-state index contributed by atoms with van der Waals surface area (Å²) < 4.78 is 4.92. The van der Waals surface area contributed by atoms with Gasteiger partial charge in [0, 0.05) is 6.21 Å². The summed E-state index contributed by atoms with van der Waals surface area (Å²) in [6.45, 7) is 2.17. The fourth-order valence-corrected chi connectivity index (χ4v) is 1.59. The molecule has 0 radical (unpaired) electrons. The molecule has 0 N–H and O–H groups in total. The van der Waals surface area contributed by atoms with E-state index in [0.717, 1.165) is 11.3 Å². The normalized spacial score (nSPS) is 10.6. The van der Waals surface area contributed by atoms with Gasteiger partial charge < -0.3 is 4.74 Å². The molecular formula is C16H15NO2. The van der Waals surface area contributed by atoms with Gasteiger partial charge in [-0.05, 0) is 36.8 Å². The number of carbonyl (C=O) groups excluding carboxylic acids is 1. The largest absolute Gasteiger partial charge is 0.462 e. The number of carbonyl (C=O) groups is 1. The number of hydrogen-bond donors (Lipinski definition) is 0. The van der Waals surface area contributed by atoms with E-state index in [1.54, 1.807) is 37.4 Å². The molecule has 0 spiro atoms. The van der Waals surface area contributed by atoms with E-state index in [9.17, 15) is 4.79 Å². The first-order valence-electron chi connectivity index (χ1n) is 6.16. The van der Waals surface area contributed by atoms with Crippen molar-refractivity contribution in [3.05, 3.63) is 65.7 Å². The van der Waals surface area contributed by atoms with Gasteiger partial charge in [-0.3, -0.25) is 4.99 Å². The molecule has 19 heavy (non-hydrogen) atoms. The van der Waals surface area contributed by atoms with Crippen molar-refractivity contribution in [2.75, 3.05) is 6.61 Å². The van der Waals surface area contributed by atoms with Gasteiger partial charge in [0.2, 0.25) is 0 Å². The molecule has 0 fully saturated rings. The second kappa shape index (κ2) is 6.50. The van der Waals surface area contributed by atoms with Crippen molar-refractivity contribution in [1.82, 2.24) is 0 Å². The van der Waals surface area contributed by atoms with Crippen molar-refractivity contribution < 1.29 is 9.53 Å². The zero-order valence-electron chi connectivity index (χ0n) is 10.7. The maximum absolute atomic E-state index is 11.5. The van der Waals surface area contributed by atoms with Gasteiger partial charge in [-0.1, -0.05) is 30.3 Å². The van der Waals surface area contributed by atoms with Crippen molar-refractivity contribution in [3.8, 4) is 0 Å². The molecule has 2 aromatic rings. The molecule has 0 amide bonds. The maximum Gasteiger partial charge on any atom is 0.338 e. The Kier molecular flexibility index (Phi) is 4.45. The van der Waals surface area contributed by atoms with Crippen molar-refractivity contribution >= 4 is 17.9 Å². The van der Waals surface area contributed by atoms with Crippen LogP contribution in [0.2, 0.25) is 0 Å². The Morgan fingerprint density at radius 2 is 1.79 bits per heavy atom. The molecule has 0 aliphatic heterocycles. The van der Waals surface area contributed by atoms with Crippen LogP contribution < -0.4 is 0 Å². The molecule has 0 aromatic heterocycles. The SMILES string of the molecule is CCOC(=O)c1ccc(/N=C/c2ccccc2)cc1. The van der Waals surface area contributed by atoms with Crippen LogP contribution in [0.5, 0.6) is 0 Å². The van der Waals surface area contributed by atoms with Crippen molar-refractivity contribution in [2.24, 2.45) is 4.99 Å². The van der Waals surface area contributed by atoms with Crippen molar-refractivity contribution in [2.45, 2.75) is 6.92 Å². The summed E-state index contributed by atoms with van der Waals surface area (Å²) in [5, 5.41) is 0. The second-order valence-electron chi connectivity index (χ2n) is 3.94. The van der Waals surface area contributed by atoms with E-state index in [1.807, 2.05) is 30.3 Å². The van der Waals surface area contributed by atoms with E-state index >= 15 is 0 Å². The van der Waals surface area contributed by atoms with E-state index in [-0.39, 0.29) is 5.97 Å². The zero-order chi connectivity index (χ0) is 13.5. The minimum atomic E-state index is -0.305. The Morgan fingerprint density at radius 1 is 1.11 bits per heavy atom. The lowest BCUT2D eigenvalue weighted by atomic mass is 10.2. The molecule has 0 saturated heterocycles. The van der Waals surface area contributed by atoms with Crippen LogP contribution in [0.1, 0.15) is 22.8 Å². The summed E-state index contributed by atoms with van der Waals surface area (Å²) in [7, 11) is 0. The van der Waals surface area contributed by atoms with Crippen LogP contribution in [0.4, 0.5) is 5.69 Å². The lowest BCUT2D eigenvalue weighted by Crippen LogP contribution is -2.03. The summed E-state index contributed by atoms with van der Waals surface area (Å²) in [4.78, 5) is 15.8. The van der Waals surface area contributed by atoms with Gasteiger partial charge in [0.05, 0.1) is 17.9 Å². The number of rotatable bonds is 4.